The van der Waals surface area contributed by atoms with Crippen LogP contribution in [0.3, 0.4) is 0 Å². The average Bonchev–Trinajstić information content (AvgIpc) is 2.47. The maximum absolute atomic E-state index is 12.8. The van der Waals surface area contributed by atoms with Crippen LogP contribution in [-0.4, -0.2) is 11.5 Å². The molecule has 0 aliphatic carbocycles. The van der Waals surface area contributed by atoms with Gasteiger partial charge in [0, 0.05) is 18.4 Å². The molecule has 112 valence electrons. The quantitative estimate of drug-likeness (QED) is 0.901. The van der Waals surface area contributed by atoms with E-state index in [-0.39, 0.29) is 6.04 Å². The third-order valence-corrected chi connectivity index (χ3v) is 3.23. The highest BCUT2D eigenvalue weighted by molar-refractivity contribution is 5.28. The average molecular weight is 294 g/mol. The van der Waals surface area contributed by atoms with Crippen molar-refractivity contribution in [3.63, 3.8) is 0 Å². The van der Waals surface area contributed by atoms with Crippen molar-refractivity contribution in [1.82, 2.24) is 10.3 Å². The summed E-state index contributed by atoms with van der Waals surface area (Å²) in [5.41, 5.74) is 1.01. The number of hydrogen-bond acceptors (Lipinski definition) is 2. The number of rotatable bonds is 5. The predicted octanol–water partition coefficient (Wildman–Crippen LogP) is 3.99. The summed E-state index contributed by atoms with van der Waals surface area (Å²) in [6, 6.07) is 9.17. The fourth-order valence-corrected chi connectivity index (χ4v) is 2.25. The van der Waals surface area contributed by atoms with E-state index in [9.17, 15) is 13.2 Å². The molecule has 0 aliphatic heterocycles. The summed E-state index contributed by atoms with van der Waals surface area (Å²) in [6.45, 7) is 2.70. The summed E-state index contributed by atoms with van der Waals surface area (Å²) in [5, 5.41) is 3.28. The number of aromatic nitrogens is 1. The van der Waals surface area contributed by atoms with Gasteiger partial charge in [0.05, 0.1) is 5.56 Å². The third kappa shape index (κ3) is 4.29. The van der Waals surface area contributed by atoms with Crippen LogP contribution in [-0.2, 0) is 12.6 Å². The molecule has 0 fully saturated rings. The monoisotopic (exact) mass is 294 g/mol. The first-order valence-corrected chi connectivity index (χ1v) is 6.80. The van der Waals surface area contributed by atoms with E-state index < -0.39 is 11.7 Å². The largest absolute Gasteiger partial charge is 0.416 e. The first-order chi connectivity index (χ1) is 10.0. The predicted molar refractivity (Wildman–Crippen MR) is 75.8 cm³/mol. The fraction of sp³-hybridized carbons (Fsp3) is 0.312. The second-order valence-corrected chi connectivity index (χ2v) is 4.80. The SMILES string of the molecule is CCNC(Cc1cccc(C(F)(F)F)c1)c1cccnc1. The summed E-state index contributed by atoms with van der Waals surface area (Å²) in [7, 11) is 0. The van der Waals surface area contributed by atoms with E-state index in [4.69, 9.17) is 0 Å². The van der Waals surface area contributed by atoms with Crippen molar-refractivity contribution in [1.29, 1.82) is 0 Å². The van der Waals surface area contributed by atoms with Crippen LogP contribution in [0.2, 0.25) is 0 Å². The molecule has 0 aliphatic rings. The smallest absolute Gasteiger partial charge is 0.310 e. The summed E-state index contributed by atoms with van der Waals surface area (Å²) >= 11 is 0. The van der Waals surface area contributed by atoms with Crippen molar-refractivity contribution < 1.29 is 13.2 Å². The summed E-state index contributed by atoms with van der Waals surface area (Å²) in [5.74, 6) is 0. The molecule has 1 atom stereocenters. The Balaban J connectivity index is 2.21. The van der Waals surface area contributed by atoms with Crippen LogP contribution in [0.5, 0.6) is 0 Å². The number of pyridine rings is 1. The molecule has 0 amide bonds. The molecule has 5 heteroatoms. The zero-order valence-corrected chi connectivity index (χ0v) is 11.7. The van der Waals surface area contributed by atoms with E-state index in [0.29, 0.717) is 12.0 Å². The van der Waals surface area contributed by atoms with Gasteiger partial charge >= 0.3 is 6.18 Å². The lowest BCUT2D eigenvalue weighted by molar-refractivity contribution is -0.137. The van der Waals surface area contributed by atoms with E-state index in [0.717, 1.165) is 18.2 Å². The van der Waals surface area contributed by atoms with E-state index >= 15 is 0 Å². The van der Waals surface area contributed by atoms with Crippen molar-refractivity contribution in [2.45, 2.75) is 25.6 Å². The second kappa shape index (κ2) is 6.72. The lowest BCUT2D eigenvalue weighted by Crippen LogP contribution is -2.23. The van der Waals surface area contributed by atoms with Gasteiger partial charge in [-0.15, -0.1) is 0 Å². The van der Waals surface area contributed by atoms with Gasteiger partial charge in [-0.25, -0.2) is 0 Å². The molecule has 1 aromatic carbocycles. The van der Waals surface area contributed by atoms with Gasteiger partial charge in [-0.3, -0.25) is 4.98 Å². The standard InChI is InChI=1S/C16H17F3N2/c1-2-21-15(13-6-4-8-20-11-13)10-12-5-3-7-14(9-12)16(17,18)19/h3-9,11,15,21H,2,10H2,1H3. The van der Waals surface area contributed by atoms with E-state index in [1.165, 1.54) is 12.1 Å². The highest BCUT2D eigenvalue weighted by Gasteiger charge is 2.30. The molecule has 1 aromatic heterocycles. The van der Waals surface area contributed by atoms with Crippen molar-refractivity contribution in [3.05, 3.63) is 65.5 Å². The lowest BCUT2D eigenvalue weighted by Gasteiger charge is -2.18. The Kier molecular flexibility index (Phi) is 4.96. The Hall–Kier alpha value is -1.88. The summed E-state index contributed by atoms with van der Waals surface area (Å²) < 4.78 is 38.3. The zero-order chi connectivity index (χ0) is 15.3. The van der Waals surface area contributed by atoms with Gasteiger partial charge in [0.25, 0.3) is 0 Å². The second-order valence-electron chi connectivity index (χ2n) is 4.80. The molecular formula is C16H17F3N2. The number of nitrogens with zero attached hydrogens (tertiary/aromatic N) is 1. The molecule has 2 aromatic rings. The molecule has 1 N–H and O–H groups in total. The van der Waals surface area contributed by atoms with Gasteiger partial charge in [0.2, 0.25) is 0 Å². The minimum atomic E-state index is -4.31. The molecule has 0 radical (unpaired) electrons. The van der Waals surface area contributed by atoms with Gasteiger partial charge in [0.1, 0.15) is 0 Å². The highest BCUT2D eigenvalue weighted by Crippen LogP contribution is 2.30. The molecule has 21 heavy (non-hydrogen) atoms. The van der Waals surface area contributed by atoms with Crippen molar-refractivity contribution in [2.75, 3.05) is 6.54 Å². The molecule has 1 heterocycles. The summed E-state index contributed by atoms with van der Waals surface area (Å²) in [6.07, 6.45) is -0.404. The topological polar surface area (TPSA) is 24.9 Å². The van der Waals surface area contributed by atoms with Gasteiger partial charge in [-0.05, 0) is 36.2 Å². The summed E-state index contributed by atoms with van der Waals surface area (Å²) in [4.78, 5) is 4.07. The van der Waals surface area contributed by atoms with Crippen LogP contribution < -0.4 is 5.32 Å². The van der Waals surface area contributed by atoms with Crippen LogP contribution in [0.25, 0.3) is 0 Å². The lowest BCUT2D eigenvalue weighted by atomic mass is 9.98. The molecule has 2 rings (SSSR count). The minimum absolute atomic E-state index is 0.0489. The van der Waals surface area contributed by atoms with E-state index in [1.54, 1.807) is 18.5 Å². The van der Waals surface area contributed by atoms with Crippen molar-refractivity contribution in [3.8, 4) is 0 Å². The van der Waals surface area contributed by atoms with Crippen LogP contribution >= 0.6 is 0 Å². The molecule has 0 spiro atoms. The molecule has 2 nitrogen and oxygen atoms in total. The van der Waals surface area contributed by atoms with Crippen molar-refractivity contribution >= 4 is 0 Å². The number of benzene rings is 1. The number of halogens is 3. The Morgan fingerprint density at radius 2 is 2.00 bits per heavy atom. The highest BCUT2D eigenvalue weighted by atomic mass is 19.4. The van der Waals surface area contributed by atoms with Crippen LogP contribution in [0.15, 0.2) is 48.8 Å². The van der Waals surface area contributed by atoms with Crippen molar-refractivity contribution in [2.24, 2.45) is 0 Å². The Labute approximate surface area is 122 Å². The van der Waals surface area contributed by atoms with Gasteiger partial charge in [-0.2, -0.15) is 13.2 Å². The Bertz CT molecular complexity index is 567. The van der Waals surface area contributed by atoms with Gasteiger partial charge in [-0.1, -0.05) is 31.2 Å². The van der Waals surface area contributed by atoms with Gasteiger partial charge < -0.3 is 5.32 Å². The van der Waals surface area contributed by atoms with E-state index in [1.807, 2.05) is 19.1 Å². The first-order valence-electron chi connectivity index (χ1n) is 6.80. The molecule has 0 saturated heterocycles. The Morgan fingerprint density at radius 3 is 2.62 bits per heavy atom. The Morgan fingerprint density at radius 1 is 1.19 bits per heavy atom. The van der Waals surface area contributed by atoms with Gasteiger partial charge in [0.15, 0.2) is 0 Å². The van der Waals surface area contributed by atoms with E-state index in [2.05, 4.69) is 10.3 Å². The molecule has 0 bridgehead atoms. The maximum atomic E-state index is 12.8. The normalized spacial score (nSPS) is 13.1. The number of likely N-dealkylation sites (N-methyl/N-ethyl adjacent to an activating group) is 1. The van der Waals surface area contributed by atoms with Crippen LogP contribution in [0, 0.1) is 0 Å². The first kappa shape index (κ1) is 15.5. The minimum Gasteiger partial charge on any atom is -0.310 e. The van der Waals surface area contributed by atoms with Crippen LogP contribution in [0.1, 0.15) is 29.7 Å². The third-order valence-electron chi connectivity index (χ3n) is 3.23. The molecule has 1 unspecified atom stereocenters. The molecule has 0 saturated carbocycles. The maximum Gasteiger partial charge on any atom is 0.416 e. The number of nitrogens with one attached hydrogen (secondary N) is 1. The number of alkyl halides is 3. The number of hydrogen-bond donors (Lipinski definition) is 1. The fourth-order valence-electron chi connectivity index (χ4n) is 2.25. The zero-order valence-electron chi connectivity index (χ0n) is 11.7. The van der Waals surface area contributed by atoms with Crippen LogP contribution in [0.4, 0.5) is 13.2 Å². The molecular weight excluding hydrogens is 277 g/mol.